The zero-order valence-corrected chi connectivity index (χ0v) is 19.3. The van der Waals surface area contributed by atoms with E-state index in [9.17, 15) is 9.59 Å². The van der Waals surface area contributed by atoms with Gasteiger partial charge in [0.25, 0.3) is 5.91 Å². The van der Waals surface area contributed by atoms with Crippen LogP contribution in [0.5, 0.6) is 0 Å². The number of carbonyl (C=O) groups is 2. The number of hydrogen-bond acceptors (Lipinski definition) is 6. The Morgan fingerprint density at radius 2 is 1.76 bits per heavy atom. The molecule has 174 valence electrons. The molecular weight excluding hydrogens is 428 g/mol. The van der Waals surface area contributed by atoms with E-state index < -0.39 is 5.97 Å². The number of esters is 1. The molecule has 0 fully saturated rings. The van der Waals surface area contributed by atoms with E-state index in [1.54, 1.807) is 18.2 Å². The van der Waals surface area contributed by atoms with Crippen LogP contribution in [-0.2, 0) is 16.1 Å². The second-order valence-corrected chi connectivity index (χ2v) is 8.17. The maximum Gasteiger partial charge on any atom is 0.337 e. The average molecular weight is 457 g/mol. The fourth-order valence-electron chi connectivity index (χ4n) is 4.00. The quantitative estimate of drug-likeness (QED) is 0.353. The van der Waals surface area contributed by atoms with Gasteiger partial charge in [-0.2, -0.15) is 0 Å². The summed E-state index contributed by atoms with van der Waals surface area (Å²) < 4.78 is 4.81. The predicted molar refractivity (Wildman–Crippen MR) is 135 cm³/mol. The van der Waals surface area contributed by atoms with E-state index in [-0.39, 0.29) is 5.91 Å². The van der Waals surface area contributed by atoms with Gasteiger partial charge in [0, 0.05) is 30.9 Å². The minimum atomic E-state index is -0.451. The Morgan fingerprint density at radius 3 is 2.44 bits per heavy atom. The largest absolute Gasteiger partial charge is 0.465 e. The molecule has 0 bridgehead atoms. The van der Waals surface area contributed by atoms with Crippen LogP contribution in [0.4, 0.5) is 11.4 Å². The monoisotopic (exact) mass is 456 g/mol. The molecule has 0 saturated heterocycles. The zero-order chi connectivity index (χ0) is 24.1. The molecule has 3 aromatic rings. The molecule has 7 heteroatoms. The number of amides is 1. The molecular formula is C27H28N4O3. The number of fused-ring (bicyclic) bond motifs is 1. The molecule has 0 atom stereocenters. The summed E-state index contributed by atoms with van der Waals surface area (Å²) in [5.41, 5.74) is 11.5. The van der Waals surface area contributed by atoms with Gasteiger partial charge in [0.1, 0.15) is 0 Å². The molecule has 0 saturated carbocycles. The lowest BCUT2D eigenvalue weighted by Crippen LogP contribution is -2.24. The highest BCUT2D eigenvalue weighted by Gasteiger charge is 2.29. The van der Waals surface area contributed by atoms with Crippen molar-refractivity contribution in [3.05, 3.63) is 95.1 Å². The Labute approximate surface area is 199 Å². The van der Waals surface area contributed by atoms with Crippen molar-refractivity contribution in [1.82, 2.24) is 4.90 Å². The van der Waals surface area contributed by atoms with Crippen molar-refractivity contribution in [2.45, 2.75) is 6.54 Å². The Bertz CT molecular complexity index is 1220. The Kier molecular flexibility index (Phi) is 7.06. The summed E-state index contributed by atoms with van der Waals surface area (Å²) in [6, 6.07) is 22.9. The summed E-state index contributed by atoms with van der Waals surface area (Å²) in [6.45, 7) is 2.26. The van der Waals surface area contributed by atoms with Gasteiger partial charge in [0.2, 0.25) is 0 Å². The van der Waals surface area contributed by atoms with E-state index in [4.69, 9.17) is 10.5 Å². The summed E-state index contributed by atoms with van der Waals surface area (Å²) in [5.74, 6) is -0.684. The summed E-state index contributed by atoms with van der Waals surface area (Å²) in [5, 5.41) is 6.34. The summed E-state index contributed by atoms with van der Waals surface area (Å²) in [6.07, 6.45) is 0. The van der Waals surface area contributed by atoms with Crippen LogP contribution in [0.15, 0.2) is 72.8 Å². The van der Waals surface area contributed by atoms with Crippen molar-refractivity contribution >= 4 is 34.5 Å². The fraction of sp³-hybridized carbons (Fsp3) is 0.185. The van der Waals surface area contributed by atoms with Gasteiger partial charge < -0.3 is 26.0 Å². The van der Waals surface area contributed by atoms with E-state index in [1.165, 1.54) is 12.7 Å². The van der Waals surface area contributed by atoms with E-state index in [1.807, 2.05) is 49.5 Å². The van der Waals surface area contributed by atoms with Gasteiger partial charge >= 0.3 is 5.97 Å². The summed E-state index contributed by atoms with van der Waals surface area (Å²) in [4.78, 5) is 27.2. The molecule has 7 nitrogen and oxygen atoms in total. The number of nitrogens with one attached hydrogen (secondary N) is 2. The number of carbonyl (C=O) groups excluding carboxylic acids is 2. The third-order valence-corrected chi connectivity index (χ3v) is 5.68. The second kappa shape index (κ2) is 10.3. The van der Waals surface area contributed by atoms with Crippen LogP contribution >= 0.6 is 0 Å². The first-order valence-corrected chi connectivity index (χ1v) is 11.1. The highest BCUT2D eigenvalue weighted by Crippen LogP contribution is 2.38. The second-order valence-electron chi connectivity index (χ2n) is 8.17. The molecule has 0 radical (unpaired) electrons. The number of rotatable bonds is 8. The Balaban J connectivity index is 1.71. The van der Waals surface area contributed by atoms with Crippen molar-refractivity contribution in [1.29, 1.82) is 0 Å². The molecule has 0 aromatic heterocycles. The highest BCUT2D eigenvalue weighted by molar-refractivity contribution is 6.37. The van der Waals surface area contributed by atoms with E-state index in [0.29, 0.717) is 29.1 Å². The highest BCUT2D eigenvalue weighted by atomic mass is 16.5. The molecule has 4 rings (SSSR count). The van der Waals surface area contributed by atoms with Crippen LogP contribution < -0.4 is 16.4 Å². The smallest absolute Gasteiger partial charge is 0.337 e. The first-order chi connectivity index (χ1) is 16.5. The van der Waals surface area contributed by atoms with Crippen LogP contribution in [-0.4, -0.2) is 44.0 Å². The van der Waals surface area contributed by atoms with Gasteiger partial charge in [0.15, 0.2) is 0 Å². The van der Waals surface area contributed by atoms with Gasteiger partial charge in [-0.05, 0) is 42.4 Å². The minimum Gasteiger partial charge on any atom is -0.465 e. The maximum atomic E-state index is 13.1. The number of ether oxygens (including phenoxy) is 1. The lowest BCUT2D eigenvalue weighted by molar-refractivity contribution is -0.110. The zero-order valence-electron chi connectivity index (χ0n) is 19.3. The number of methoxy groups -OCH3 is 1. The van der Waals surface area contributed by atoms with Crippen LogP contribution in [0, 0.1) is 0 Å². The third kappa shape index (κ3) is 5.01. The van der Waals surface area contributed by atoms with E-state index in [2.05, 4.69) is 27.7 Å². The standard InChI is InChI=1S/C27H28N4O3/c1-31(15-14-28)17-18-8-11-21(12-9-18)29-25(19-6-4-3-5-7-19)24-22-13-10-20(27(33)34-2)16-23(22)30-26(24)32/h3-13,16,29H,14-15,17,28H2,1-2H3,(H,30,32). The molecule has 0 spiro atoms. The summed E-state index contributed by atoms with van der Waals surface area (Å²) >= 11 is 0. The lowest BCUT2D eigenvalue weighted by Gasteiger charge is -2.17. The number of benzene rings is 3. The average Bonchev–Trinajstić information content (AvgIpc) is 3.18. The molecule has 3 aromatic carbocycles. The molecule has 4 N–H and O–H groups in total. The van der Waals surface area contributed by atoms with Gasteiger partial charge in [0.05, 0.1) is 29.6 Å². The lowest BCUT2D eigenvalue weighted by atomic mass is 9.99. The maximum absolute atomic E-state index is 13.1. The Hall–Kier alpha value is -3.94. The number of nitrogens with zero attached hydrogens (tertiary/aromatic N) is 1. The minimum absolute atomic E-state index is 0.233. The molecule has 34 heavy (non-hydrogen) atoms. The van der Waals surface area contributed by atoms with Crippen molar-refractivity contribution in [2.24, 2.45) is 5.73 Å². The third-order valence-electron chi connectivity index (χ3n) is 5.68. The molecule has 0 aliphatic carbocycles. The molecule has 1 aliphatic heterocycles. The summed E-state index contributed by atoms with van der Waals surface area (Å²) in [7, 11) is 3.37. The first kappa shape index (κ1) is 23.2. The van der Waals surface area contributed by atoms with Crippen molar-refractivity contribution in [3.8, 4) is 0 Å². The van der Waals surface area contributed by atoms with E-state index in [0.717, 1.165) is 29.9 Å². The molecule has 0 unspecified atom stereocenters. The number of hydrogen-bond donors (Lipinski definition) is 3. The van der Waals surface area contributed by atoms with Crippen LogP contribution in [0.2, 0.25) is 0 Å². The van der Waals surface area contributed by atoms with Crippen molar-refractivity contribution in [3.63, 3.8) is 0 Å². The number of likely N-dealkylation sites (N-methyl/N-ethyl adjacent to an activating group) is 1. The topological polar surface area (TPSA) is 96.7 Å². The van der Waals surface area contributed by atoms with Gasteiger partial charge in [-0.25, -0.2) is 4.79 Å². The molecule has 1 heterocycles. The fourth-order valence-corrected chi connectivity index (χ4v) is 4.00. The first-order valence-electron chi connectivity index (χ1n) is 11.1. The number of nitrogens with two attached hydrogens (primary N) is 1. The van der Waals surface area contributed by atoms with Crippen LogP contribution in [0.25, 0.3) is 11.3 Å². The Morgan fingerprint density at radius 1 is 1.03 bits per heavy atom. The van der Waals surface area contributed by atoms with E-state index >= 15 is 0 Å². The molecule has 1 amide bonds. The van der Waals surface area contributed by atoms with Gasteiger partial charge in [-0.1, -0.05) is 48.5 Å². The van der Waals surface area contributed by atoms with Crippen LogP contribution in [0.3, 0.4) is 0 Å². The molecule has 1 aliphatic rings. The van der Waals surface area contributed by atoms with Crippen molar-refractivity contribution < 1.29 is 14.3 Å². The van der Waals surface area contributed by atoms with Gasteiger partial charge in [-0.3, -0.25) is 4.79 Å². The number of anilines is 2. The van der Waals surface area contributed by atoms with Gasteiger partial charge in [-0.15, -0.1) is 0 Å². The SMILES string of the molecule is COC(=O)c1ccc2c(c1)NC(=O)C2=C(Nc1ccc(CN(C)CCN)cc1)c1ccccc1. The normalized spacial score (nSPS) is 13.9. The van der Waals surface area contributed by atoms with Crippen LogP contribution in [0.1, 0.15) is 27.0 Å². The predicted octanol–water partition coefficient (Wildman–Crippen LogP) is 3.80. The van der Waals surface area contributed by atoms with Crippen molar-refractivity contribution in [2.75, 3.05) is 37.9 Å².